The van der Waals surface area contributed by atoms with Crippen LogP contribution in [0, 0.1) is 0 Å². The van der Waals surface area contributed by atoms with E-state index in [-0.39, 0.29) is 6.03 Å². The summed E-state index contributed by atoms with van der Waals surface area (Å²) in [6.45, 7) is 1.92. The Morgan fingerprint density at radius 1 is 1.08 bits per heavy atom. The molecule has 0 aliphatic carbocycles. The van der Waals surface area contributed by atoms with Crippen LogP contribution in [0.3, 0.4) is 0 Å². The second kappa shape index (κ2) is 7.17. The largest absolute Gasteiger partial charge is 0.387 e. The Morgan fingerprint density at radius 2 is 1.80 bits per heavy atom. The number of carbonyl (C=O) groups is 1. The van der Waals surface area contributed by atoms with E-state index in [1.807, 2.05) is 31.2 Å². The number of urea groups is 1. The van der Waals surface area contributed by atoms with E-state index >= 15 is 0 Å². The Kier molecular flexibility index (Phi) is 4.97. The SMILES string of the molecule is CC1=C(c2cccc(NC(=O)Nc3ccc(Cl)c(Cl)c3)c2)CC(N)=N1. The first kappa shape index (κ1) is 17.3. The van der Waals surface area contributed by atoms with Gasteiger partial charge < -0.3 is 16.4 Å². The molecule has 2 aromatic rings. The fourth-order valence-electron chi connectivity index (χ4n) is 2.59. The predicted molar refractivity (Wildman–Crippen MR) is 104 cm³/mol. The lowest BCUT2D eigenvalue weighted by Gasteiger charge is -2.10. The monoisotopic (exact) mass is 374 g/mol. The van der Waals surface area contributed by atoms with Crippen molar-refractivity contribution in [2.75, 3.05) is 10.6 Å². The Morgan fingerprint density at radius 3 is 2.44 bits per heavy atom. The average molecular weight is 375 g/mol. The number of allylic oxidation sites excluding steroid dienone is 1. The van der Waals surface area contributed by atoms with Gasteiger partial charge in [0.05, 0.1) is 10.0 Å². The molecule has 5 nitrogen and oxygen atoms in total. The van der Waals surface area contributed by atoms with Gasteiger partial charge in [0.2, 0.25) is 0 Å². The standard InChI is InChI=1S/C18H16Cl2N4O/c1-10-14(9-17(21)22-10)11-3-2-4-12(7-11)23-18(25)24-13-5-6-15(19)16(20)8-13/h2-8H,9H2,1H3,(H2,21,22)(H2,23,24,25). The normalized spacial score (nSPS) is 13.6. The van der Waals surface area contributed by atoms with Crippen LogP contribution in [0.1, 0.15) is 18.9 Å². The van der Waals surface area contributed by atoms with Gasteiger partial charge in [-0.05, 0) is 48.4 Å². The van der Waals surface area contributed by atoms with Crippen LogP contribution in [-0.4, -0.2) is 11.9 Å². The molecule has 0 saturated heterocycles. The molecule has 7 heteroatoms. The number of nitrogens with zero attached hydrogens (tertiary/aromatic N) is 1. The lowest BCUT2D eigenvalue weighted by atomic mass is 10.0. The third-order valence-corrected chi connectivity index (χ3v) is 4.49. The van der Waals surface area contributed by atoms with E-state index in [0.717, 1.165) is 16.8 Å². The highest BCUT2D eigenvalue weighted by molar-refractivity contribution is 6.42. The van der Waals surface area contributed by atoms with E-state index in [1.165, 1.54) is 0 Å². The van der Waals surface area contributed by atoms with Gasteiger partial charge in [-0.3, -0.25) is 0 Å². The van der Waals surface area contributed by atoms with Crippen molar-refractivity contribution >= 4 is 52.0 Å². The summed E-state index contributed by atoms with van der Waals surface area (Å²) in [6, 6.07) is 12.1. The minimum Gasteiger partial charge on any atom is -0.387 e. The Hall–Kier alpha value is -2.50. The maximum Gasteiger partial charge on any atom is 0.323 e. The number of nitrogens with two attached hydrogens (primary N) is 1. The van der Waals surface area contributed by atoms with Gasteiger partial charge in [-0.1, -0.05) is 35.3 Å². The fourth-order valence-corrected chi connectivity index (χ4v) is 2.89. The molecule has 128 valence electrons. The average Bonchev–Trinajstić information content (AvgIpc) is 2.90. The minimum absolute atomic E-state index is 0.372. The maximum absolute atomic E-state index is 12.2. The summed E-state index contributed by atoms with van der Waals surface area (Å²) in [4.78, 5) is 16.4. The molecule has 3 rings (SSSR count). The number of carbonyl (C=O) groups excluding carboxylic acids is 1. The number of hydrogen-bond donors (Lipinski definition) is 3. The van der Waals surface area contributed by atoms with Gasteiger partial charge in [0.25, 0.3) is 0 Å². The number of rotatable bonds is 3. The zero-order chi connectivity index (χ0) is 18.0. The summed E-state index contributed by atoms with van der Waals surface area (Å²) < 4.78 is 0. The highest BCUT2D eigenvalue weighted by atomic mass is 35.5. The number of amidine groups is 1. The molecule has 0 atom stereocenters. The molecule has 1 aliphatic heterocycles. The van der Waals surface area contributed by atoms with E-state index < -0.39 is 0 Å². The second-order valence-corrected chi connectivity index (χ2v) is 6.45. The molecule has 0 fully saturated rings. The van der Waals surface area contributed by atoms with Gasteiger partial charge in [0.1, 0.15) is 5.84 Å². The highest BCUT2D eigenvalue weighted by Crippen LogP contribution is 2.29. The number of anilines is 2. The van der Waals surface area contributed by atoms with Crippen molar-refractivity contribution in [1.82, 2.24) is 0 Å². The molecule has 25 heavy (non-hydrogen) atoms. The van der Waals surface area contributed by atoms with Gasteiger partial charge in [0, 0.05) is 23.5 Å². The highest BCUT2D eigenvalue weighted by Gasteiger charge is 2.15. The molecule has 0 saturated carbocycles. The number of amides is 2. The topological polar surface area (TPSA) is 79.5 Å². The van der Waals surface area contributed by atoms with Gasteiger partial charge in [-0.25, -0.2) is 9.79 Å². The molecule has 0 unspecified atom stereocenters. The first-order valence-electron chi connectivity index (χ1n) is 7.58. The lowest BCUT2D eigenvalue weighted by molar-refractivity contribution is 0.262. The van der Waals surface area contributed by atoms with Crippen molar-refractivity contribution < 1.29 is 4.79 Å². The van der Waals surface area contributed by atoms with Crippen LogP contribution in [-0.2, 0) is 0 Å². The van der Waals surface area contributed by atoms with Crippen LogP contribution >= 0.6 is 23.2 Å². The van der Waals surface area contributed by atoms with Crippen molar-refractivity contribution in [1.29, 1.82) is 0 Å². The molecule has 0 spiro atoms. The Balaban J connectivity index is 1.71. The summed E-state index contributed by atoms with van der Waals surface area (Å²) in [7, 11) is 0. The lowest BCUT2D eigenvalue weighted by Crippen LogP contribution is -2.19. The third kappa shape index (κ3) is 4.13. The maximum atomic E-state index is 12.2. The first-order chi connectivity index (χ1) is 11.9. The zero-order valence-electron chi connectivity index (χ0n) is 13.4. The van der Waals surface area contributed by atoms with Crippen LogP contribution in [0.4, 0.5) is 16.2 Å². The number of hydrogen-bond acceptors (Lipinski definition) is 3. The minimum atomic E-state index is -0.372. The second-order valence-electron chi connectivity index (χ2n) is 5.63. The summed E-state index contributed by atoms with van der Waals surface area (Å²) in [5, 5.41) is 6.32. The molecule has 1 aliphatic rings. The number of aliphatic imine (C=N–C) groups is 1. The van der Waals surface area contributed by atoms with Gasteiger partial charge >= 0.3 is 6.03 Å². The van der Waals surface area contributed by atoms with Crippen molar-refractivity contribution in [3.05, 3.63) is 63.8 Å². The van der Waals surface area contributed by atoms with Crippen molar-refractivity contribution in [2.24, 2.45) is 10.7 Å². The van der Waals surface area contributed by atoms with Gasteiger partial charge in [-0.2, -0.15) is 0 Å². The molecule has 1 heterocycles. The molecule has 0 radical (unpaired) electrons. The van der Waals surface area contributed by atoms with Crippen LogP contribution < -0.4 is 16.4 Å². The van der Waals surface area contributed by atoms with Crippen LogP contribution in [0.25, 0.3) is 5.57 Å². The zero-order valence-corrected chi connectivity index (χ0v) is 14.9. The van der Waals surface area contributed by atoms with Crippen LogP contribution in [0.5, 0.6) is 0 Å². The van der Waals surface area contributed by atoms with E-state index in [9.17, 15) is 4.79 Å². The molecule has 4 N–H and O–H groups in total. The number of benzene rings is 2. The van der Waals surface area contributed by atoms with Gasteiger partial charge in [-0.15, -0.1) is 0 Å². The number of nitrogens with one attached hydrogen (secondary N) is 2. The molecular weight excluding hydrogens is 359 g/mol. The fraction of sp³-hybridized carbons (Fsp3) is 0.111. The van der Waals surface area contributed by atoms with Crippen molar-refractivity contribution in [3.8, 4) is 0 Å². The van der Waals surface area contributed by atoms with E-state index in [0.29, 0.717) is 33.7 Å². The van der Waals surface area contributed by atoms with Gasteiger partial charge in [0.15, 0.2) is 0 Å². The smallest absolute Gasteiger partial charge is 0.323 e. The Bertz CT molecular complexity index is 906. The molecule has 2 amide bonds. The van der Waals surface area contributed by atoms with Crippen molar-refractivity contribution in [2.45, 2.75) is 13.3 Å². The first-order valence-corrected chi connectivity index (χ1v) is 8.34. The van der Waals surface area contributed by atoms with Crippen molar-refractivity contribution in [3.63, 3.8) is 0 Å². The van der Waals surface area contributed by atoms with Crippen LogP contribution in [0.15, 0.2) is 53.2 Å². The van der Waals surface area contributed by atoms with E-state index in [4.69, 9.17) is 28.9 Å². The summed E-state index contributed by atoms with van der Waals surface area (Å²) >= 11 is 11.8. The summed E-state index contributed by atoms with van der Waals surface area (Å²) in [6.07, 6.45) is 0.616. The molecule has 2 aromatic carbocycles. The summed E-state index contributed by atoms with van der Waals surface area (Å²) in [5.74, 6) is 0.600. The summed E-state index contributed by atoms with van der Waals surface area (Å²) in [5.41, 5.74) is 9.95. The van der Waals surface area contributed by atoms with E-state index in [2.05, 4.69) is 15.6 Å². The molecular formula is C18H16Cl2N4O. The van der Waals surface area contributed by atoms with E-state index in [1.54, 1.807) is 18.2 Å². The predicted octanol–water partition coefficient (Wildman–Crippen LogP) is 5.13. The number of halogens is 2. The quantitative estimate of drug-likeness (QED) is 0.695. The van der Waals surface area contributed by atoms with Crippen LogP contribution in [0.2, 0.25) is 10.0 Å². The molecule has 0 aromatic heterocycles. The third-order valence-electron chi connectivity index (χ3n) is 3.75. The Labute approximate surface area is 155 Å². The molecule has 0 bridgehead atoms.